The highest BCUT2D eigenvalue weighted by atomic mass is 35.5. The van der Waals surface area contributed by atoms with E-state index in [1.165, 1.54) is 0 Å². The van der Waals surface area contributed by atoms with Crippen LogP contribution in [0.1, 0.15) is 6.92 Å². The second kappa shape index (κ2) is 7.48. The minimum absolute atomic E-state index is 0.316. The molecule has 1 aromatic rings. The fourth-order valence-electron chi connectivity index (χ4n) is 1.31. The smallest absolute Gasteiger partial charge is 0.312 e. The molecule has 0 unspecified atom stereocenters. The van der Waals surface area contributed by atoms with Gasteiger partial charge in [-0.2, -0.15) is 0 Å². The van der Waals surface area contributed by atoms with Crippen LogP contribution in [-0.2, 0) is 4.79 Å². The molecule has 19 heavy (non-hydrogen) atoms. The quantitative estimate of drug-likeness (QED) is 0.678. The van der Waals surface area contributed by atoms with Gasteiger partial charge in [-0.15, -0.1) is 0 Å². The highest BCUT2D eigenvalue weighted by Crippen LogP contribution is 2.14. The SMILES string of the molecule is C[C@H](NC(N)=O)C(=O)NCCOc1ccc(Cl)cc1. The van der Waals surface area contributed by atoms with E-state index in [1.54, 1.807) is 31.2 Å². The molecule has 1 atom stereocenters. The number of nitrogens with one attached hydrogen (secondary N) is 2. The Kier molecular flexibility index (Phi) is 5.95. The predicted molar refractivity (Wildman–Crippen MR) is 72.1 cm³/mol. The third kappa shape index (κ3) is 5.96. The van der Waals surface area contributed by atoms with Crippen LogP contribution in [0.15, 0.2) is 24.3 Å². The maximum atomic E-state index is 11.5. The lowest BCUT2D eigenvalue weighted by molar-refractivity contribution is -0.122. The van der Waals surface area contributed by atoms with Crippen molar-refractivity contribution >= 4 is 23.5 Å². The number of amides is 3. The van der Waals surface area contributed by atoms with Crippen LogP contribution in [0.2, 0.25) is 5.02 Å². The molecule has 0 saturated heterocycles. The van der Waals surface area contributed by atoms with Gasteiger partial charge in [0.05, 0.1) is 6.54 Å². The first kappa shape index (κ1) is 15.1. The number of carbonyl (C=O) groups excluding carboxylic acids is 2. The van der Waals surface area contributed by atoms with Crippen molar-refractivity contribution in [1.82, 2.24) is 10.6 Å². The predicted octanol–water partition coefficient (Wildman–Crippen LogP) is 0.892. The molecule has 0 heterocycles. The Morgan fingerprint density at radius 2 is 2.00 bits per heavy atom. The Labute approximate surface area is 116 Å². The first-order valence-electron chi connectivity index (χ1n) is 5.71. The summed E-state index contributed by atoms with van der Waals surface area (Å²) in [6, 6.07) is 5.50. The van der Waals surface area contributed by atoms with Crippen molar-refractivity contribution in [3.8, 4) is 5.75 Å². The van der Waals surface area contributed by atoms with E-state index in [-0.39, 0.29) is 5.91 Å². The molecule has 0 spiro atoms. The number of hydrogen-bond donors (Lipinski definition) is 3. The average molecular weight is 286 g/mol. The summed E-state index contributed by atoms with van der Waals surface area (Å²) in [4.78, 5) is 22.0. The number of urea groups is 1. The van der Waals surface area contributed by atoms with Crippen molar-refractivity contribution in [1.29, 1.82) is 0 Å². The van der Waals surface area contributed by atoms with Gasteiger partial charge in [-0.1, -0.05) is 11.6 Å². The van der Waals surface area contributed by atoms with Crippen molar-refractivity contribution in [3.05, 3.63) is 29.3 Å². The van der Waals surface area contributed by atoms with Crippen molar-refractivity contribution in [2.45, 2.75) is 13.0 Å². The lowest BCUT2D eigenvalue weighted by atomic mass is 10.3. The van der Waals surface area contributed by atoms with Gasteiger partial charge in [0.15, 0.2) is 0 Å². The highest BCUT2D eigenvalue weighted by Gasteiger charge is 2.12. The van der Waals surface area contributed by atoms with Gasteiger partial charge in [0.1, 0.15) is 18.4 Å². The van der Waals surface area contributed by atoms with E-state index in [0.717, 1.165) is 0 Å². The number of carbonyl (C=O) groups is 2. The van der Waals surface area contributed by atoms with E-state index in [0.29, 0.717) is 23.9 Å². The molecule has 0 saturated carbocycles. The zero-order valence-electron chi connectivity index (χ0n) is 10.5. The number of ether oxygens (including phenoxy) is 1. The summed E-state index contributed by atoms with van der Waals surface area (Å²) in [5.74, 6) is 0.348. The molecule has 4 N–H and O–H groups in total. The van der Waals surface area contributed by atoms with Crippen LogP contribution in [-0.4, -0.2) is 31.1 Å². The molecule has 3 amide bonds. The maximum Gasteiger partial charge on any atom is 0.312 e. The van der Waals surface area contributed by atoms with Gasteiger partial charge < -0.3 is 21.1 Å². The lowest BCUT2D eigenvalue weighted by Crippen LogP contribution is -2.47. The summed E-state index contributed by atoms with van der Waals surface area (Å²) < 4.78 is 5.39. The van der Waals surface area contributed by atoms with E-state index in [4.69, 9.17) is 22.1 Å². The van der Waals surface area contributed by atoms with Gasteiger partial charge in [-0.25, -0.2) is 4.79 Å². The standard InChI is InChI=1S/C12H16ClN3O3/c1-8(16-12(14)18)11(17)15-6-7-19-10-4-2-9(13)3-5-10/h2-5,8H,6-7H2,1H3,(H,15,17)(H3,14,16,18)/t8-/m0/s1. The minimum atomic E-state index is -0.736. The third-order valence-corrected chi connectivity index (χ3v) is 2.49. The summed E-state index contributed by atoms with van der Waals surface area (Å²) in [5.41, 5.74) is 4.91. The van der Waals surface area contributed by atoms with Crippen molar-refractivity contribution < 1.29 is 14.3 Å². The first-order chi connectivity index (χ1) is 8.99. The Bertz CT molecular complexity index is 436. The zero-order chi connectivity index (χ0) is 14.3. The lowest BCUT2D eigenvalue weighted by Gasteiger charge is -2.12. The van der Waals surface area contributed by atoms with Gasteiger partial charge in [-0.05, 0) is 31.2 Å². The normalized spacial score (nSPS) is 11.5. The molecule has 1 rings (SSSR count). The molecule has 0 aliphatic rings. The summed E-state index contributed by atoms with van der Waals surface area (Å²) >= 11 is 5.73. The fraction of sp³-hybridized carbons (Fsp3) is 0.333. The van der Waals surface area contributed by atoms with E-state index >= 15 is 0 Å². The molecule has 6 nitrogen and oxygen atoms in total. The summed E-state index contributed by atoms with van der Waals surface area (Å²) in [6.45, 7) is 2.18. The highest BCUT2D eigenvalue weighted by molar-refractivity contribution is 6.30. The molecule has 1 aromatic carbocycles. The van der Waals surface area contributed by atoms with Crippen LogP contribution in [0.4, 0.5) is 4.79 Å². The summed E-state index contributed by atoms with van der Waals surface area (Å²) in [7, 11) is 0. The summed E-state index contributed by atoms with van der Waals surface area (Å²) in [6.07, 6.45) is 0. The monoisotopic (exact) mass is 285 g/mol. The molecular formula is C12H16ClN3O3. The Balaban J connectivity index is 2.21. The molecular weight excluding hydrogens is 270 g/mol. The van der Waals surface area contributed by atoms with Crippen LogP contribution >= 0.6 is 11.6 Å². The topological polar surface area (TPSA) is 93.5 Å². The van der Waals surface area contributed by atoms with Crippen LogP contribution in [0.3, 0.4) is 0 Å². The van der Waals surface area contributed by atoms with E-state index < -0.39 is 12.1 Å². The third-order valence-electron chi connectivity index (χ3n) is 2.24. The average Bonchev–Trinajstić information content (AvgIpc) is 2.35. The Hall–Kier alpha value is -1.95. The van der Waals surface area contributed by atoms with Crippen molar-refractivity contribution in [3.63, 3.8) is 0 Å². The molecule has 0 aromatic heterocycles. The van der Waals surface area contributed by atoms with Gasteiger partial charge in [-0.3, -0.25) is 4.79 Å². The minimum Gasteiger partial charge on any atom is -0.492 e. The Morgan fingerprint density at radius 3 is 2.58 bits per heavy atom. The second-order valence-corrected chi connectivity index (χ2v) is 4.26. The second-order valence-electron chi connectivity index (χ2n) is 3.82. The van der Waals surface area contributed by atoms with E-state index in [9.17, 15) is 9.59 Å². The molecule has 0 bridgehead atoms. The number of hydrogen-bond acceptors (Lipinski definition) is 3. The molecule has 7 heteroatoms. The summed E-state index contributed by atoms with van der Waals surface area (Å²) in [5, 5.41) is 5.52. The van der Waals surface area contributed by atoms with E-state index in [1.807, 2.05) is 0 Å². The van der Waals surface area contributed by atoms with Gasteiger partial charge in [0.25, 0.3) is 0 Å². The van der Waals surface area contributed by atoms with Gasteiger partial charge >= 0.3 is 6.03 Å². The molecule has 0 fully saturated rings. The van der Waals surface area contributed by atoms with Crippen molar-refractivity contribution in [2.75, 3.05) is 13.2 Å². The number of primary amides is 1. The van der Waals surface area contributed by atoms with Crippen LogP contribution < -0.4 is 21.1 Å². The van der Waals surface area contributed by atoms with Crippen LogP contribution in [0.25, 0.3) is 0 Å². The molecule has 0 aliphatic heterocycles. The number of halogens is 1. The maximum absolute atomic E-state index is 11.5. The number of benzene rings is 1. The van der Waals surface area contributed by atoms with Crippen LogP contribution in [0, 0.1) is 0 Å². The molecule has 0 radical (unpaired) electrons. The number of nitrogens with two attached hydrogens (primary N) is 1. The van der Waals surface area contributed by atoms with Crippen LogP contribution in [0.5, 0.6) is 5.75 Å². The molecule has 0 aliphatic carbocycles. The zero-order valence-corrected chi connectivity index (χ0v) is 11.2. The molecule has 104 valence electrons. The largest absolute Gasteiger partial charge is 0.492 e. The first-order valence-corrected chi connectivity index (χ1v) is 6.09. The fourth-order valence-corrected chi connectivity index (χ4v) is 1.43. The van der Waals surface area contributed by atoms with Gasteiger partial charge in [0.2, 0.25) is 5.91 Å². The van der Waals surface area contributed by atoms with E-state index in [2.05, 4.69) is 10.6 Å². The Morgan fingerprint density at radius 1 is 1.37 bits per heavy atom. The number of rotatable bonds is 6. The van der Waals surface area contributed by atoms with Crippen molar-refractivity contribution in [2.24, 2.45) is 5.73 Å². The van der Waals surface area contributed by atoms with Gasteiger partial charge in [0, 0.05) is 5.02 Å².